The standard InChI is InChI=1S/C14H14O3/c1-11(15)13(16)9-5-6-10-14(17)12-7-3-2-4-8-12/h2-5,7-9H,6,10H2,1H3. The van der Waals surface area contributed by atoms with E-state index in [1.165, 1.54) is 13.0 Å². The second kappa shape index (κ2) is 6.53. The van der Waals surface area contributed by atoms with E-state index in [0.29, 0.717) is 18.4 Å². The van der Waals surface area contributed by atoms with Gasteiger partial charge in [-0.15, -0.1) is 0 Å². The Kier molecular flexibility index (Phi) is 5.01. The molecule has 0 N–H and O–H groups in total. The fourth-order valence-corrected chi connectivity index (χ4v) is 1.29. The Labute approximate surface area is 100 Å². The first-order valence-corrected chi connectivity index (χ1v) is 5.41. The van der Waals surface area contributed by atoms with Crippen molar-refractivity contribution in [3.63, 3.8) is 0 Å². The lowest BCUT2D eigenvalue weighted by molar-refractivity contribution is -0.132. The van der Waals surface area contributed by atoms with Crippen LogP contribution in [-0.4, -0.2) is 17.3 Å². The van der Waals surface area contributed by atoms with Gasteiger partial charge in [0.25, 0.3) is 0 Å². The molecule has 0 aliphatic carbocycles. The molecule has 0 spiro atoms. The molecule has 1 rings (SSSR count). The summed E-state index contributed by atoms with van der Waals surface area (Å²) in [6.45, 7) is 1.22. The first-order valence-electron chi connectivity index (χ1n) is 5.41. The first-order chi connectivity index (χ1) is 8.11. The molecular weight excluding hydrogens is 216 g/mol. The molecule has 0 unspecified atom stereocenters. The number of rotatable bonds is 6. The molecule has 0 aliphatic rings. The van der Waals surface area contributed by atoms with E-state index in [4.69, 9.17) is 0 Å². The molecule has 0 bridgehead atoms. The van der Waals surface area contributed by atoms with Gasteiger partial charge in [-0.25, -0.2) is 0 Å². The number of carbonyl (C=O) groups excluding carboxylic acids is 3. The van der Waals surface area contributed by atoms with Gasteiger partial charge in [-0.1, -0.05) is 36.4 Å². The monoisotopic (exact) mass is 230 g/mol. The van der Waals surface area contributed by atoms with E-state index in [1.54, 1.807) is 18.2 Å². The van der Waals surface area contributed by atoms with Crippen LogP contribution in [-0.2, 0) is 9.59 Å². The summed E-state index contributed by atoms with van der Waals surface area (Å²) in [5.74, 6) is -0.988. The van der Waals surface area contributed by atoms with E-state index >= 15 is 0 Å². The molecule has 0 saturated heterocycles. The largest absolute Gasteiger partial charge is 0.294 e. The Bertz CT molecular complexity index is 444. The highest BCUT2D eigenvalue weighted by atomic mass is 16.2. The van der Waals surface area contributed by atoms with E-state index in [9.17, 15) is 14.4 Å². The maximum atomic E-state index is 11.6. The number of Topliss-reactive ketones (excluding diaryl/α,β-unsaturated/α-hetero) is 2. The van der Waals surface area contributed by atoms with Crippen molar-refractivity contribution in [2.24, 2.45) is 0 Å². The second-order valence-corrected chi connectivity index (χ2v) is 3.65. The predicted octanol–water partition coefficient (Wildman–Crippen LogP) is 2.36. The van der Waals surface area contributed by atoms with Crippen LogP contribution in [0.4, 0.5) is 0 Å². The van der Waals surface area contributed by atoms with E-state index in [1.807, 2.05) is 18.2 Å². The number of hydrogen-bond donors (Lipinski definition) is 0. The second-order valence-electron chi connectivity index (χ2n) is 3.65. The summed E-state index contributed by atoms with van der Waals surface area (Å²) in [4.78, 5) is 33.2. The van der Waals surface area contributed by atoms with Crippen molar-refractivity contribution in [3.05, 3.63) is 48.0 Å². The fourth-order valence-electron chi connectivity index (χ4n) is 1.29. The van der Waals surface area contributed by atoms with Crippen LogP contribution in [0.5, 0.6) is 0 Å². The van der Waals surface area contributed by atoms with Gasteiger partial charge in [-0.2, -0.15) is 0 Å². The number of allylic oxidation sites excluding steroid dienone is 2. The number of ketones is 3. The van der Waals surface area contributed by atoms with E-state index in [2.05, 4.69) is 0 Å². The normalized spacial score (nSPS) is 10.4. The van der Waals surface area contributed by atoms with Gasteiger partial charge in [0.05, 0.1) is 0 Å². The van der Waals surface area contributed by atoms with Crippen molar-refractivity contribution < 1.29 is 14.4 Å². The SMILES string of the molecule is CC(=O)C(=O)C=CCCC(=O)c1ccccc1. The lowest BCUT2D eigenvalue weighted by atomic mass is 10.1. The summed E-state index contributed by atoms with van der Waals surface area (Å²) >= 11 is 0. The van der Waals surface area contributed by atoms with E-state index in [-0.39, 0.29) is 5.78 Å². The Hall–Kier alpha value is -2.03. The fraction of sp³-hybridized carbons (Fsp3) is 0.214. The Morgan fingerprint density at radius 3 is 2.35 bits per heavy atom. The van der Waals surface area contributed by atoms with Gasteiger partial charge < -0.3 is 0 Å². The molecule has 1 aromatic carbocycles. The third-order valence-corrected chi connectivity index (χ3v) is 2.25. The van der Waals surface area contributed by atoms with Crippen molar-refractivity contribution in [2.45, 2.75) is 19.8 Å². The summed E-state index contributed by atoms with van der Waals surface area (Å²) in [5, 5.41) is 0. The first kappa shape index (κ1) is 13.0. The Morgan fingerprint density at radius 2 is 1.76 bits per heavy atom. The van der Waals surface area contributed by atoms with Crippen LogP contribution in [0.25, 0.3) is 0 Å². The highest BCUT2D eigenvalue weighted by molar-refractivity contribution is 6.40. The maximum absolute atomic E-state index is 11.6. The van der Waals surface area contributed by atoms with E-state index < -0.39 is 11.6 Å². The Morgan fingerprint density at radius 1 is 1.12 bits per heavy atom. The average Bonchev–Trinajstić information content (AvgIpc) is 2.35. The smallest absolute Gasteiger partial charge is 0.220 e. The molecule has 3 nitrogen and oxygen atoms in total. The van der Waals surface area contributed by atoms with Crippen LogP contribution in [0.15, 0.2) is 42.5 Å². The summed E-state index contributed by atoms with van der Waals surface area (Å²) in [7, 11) is 0. The molecule has 0 fully saturated rings. The van der Waals surface area contributed by atoms with Crippen LogP contribution < -0.4 is 0 Å². The molecule has 0 amide bonds. The average molecular weight is 230 g/mol. The minimum absolute atomic E-state index is 0.0329. The molecule has 17 heavy (non-hydrogen) atoms. The molecule has 1 aromatic rings. The van der Waals surface area contributed by atoms with Crippen LogP contribution in [0.1, 0.15) is 30.1 Å². The van der Waals surface area contributed by atoms with Gasteiger partial charge in [0.1, 0.15) is 0 Å². The summed E-state index contributed by atoms with van der Waals surface area (Å²) in [6, 6.07) is 8.98. The van der Waals surface area contributed by atoms with Gasteiger partial charge in [0.2, 0.25) is 5.78 Å². The van der Waals surface area contributed by atoms with Gasteiger partial charge >= 0.3 is 0 Å². The topological polar surface area (TPSA) is 51.2 Å². The van der Waals surface area contributed by atoms with Gasteiger partial charge in [0, 0.05) is 18.9 Å². The lowest BCUT2D eigenvalue weighted by Gasteiger charge is -1.97. The van der Waals surface area contributed by atoms with Gasteiger partial charge in [-0.05, 0) is 12.5 Å². The molecule has 0 radical (unpaired) electrons. The van der Waals surface area contributed by atoms with Crippen LogP contribution in [0.3, 0.4) is 0 Å². The third kappa shape index (κ3) is 4.55. The molecule has 0 atom stereocenters. The number of carbonyl (C=O) groups is 3. The van der Waals surface area contributed by atoms with Crippen LogP contribution in [0, 0.1) is 0 Å². The Balaban J connectivity index is 2.40. The number of hydrogen-bond acceptors (Lipinski definition) is 3. The van der Waals surface area contributed by atoms with Crippen molar-refractivity contribution >= 4 is 17.3 Å². The minimum Gasteiger partial charge on any atom is -0.294 e. The molecule has 0 aromatic heterocycles. The van der Waals surface area contributed by atoms with Crippen molar-refractivity contribution in [3.8, 4) is 0 Å². The molecule has 0 heterocycles. The number of benzene rings is 1. The lowest BCUT2D eigenvalue weighted by Crippen LogP contribution is -2.04. The zero-order chi connectivity index (χ0) is 12.7. The highest BCUT2D eigenvalue weighted by Gasteiger charge is 2.04. The molecular formula is C14H14O3. The van der Waals surface area contributed by atoms with Crippen molar-refractivity contribution in [1.29, 1.82) is 0 Å². The summed E-state index contributed by atoms with van der Waals surface area (Å²) in [6.07, 6.45) is 3.59. The zero-order valence-electron chi connectivity index (χ0n) is 9.68. The molecule has 0 aliphatic heterocycles. The van der Waals surface area contributed by atoms with Crippen LogP contribution in [0.2, 0.25) is 0 Å². The maximum Gasteiger partial charge on any atom is 0.220 e. The van der Waals surface area contributed by atoms with Gasteiger partial charge in [-0.3, -0.25) is 14.4 Å². The van der Waals surface area contributed by atoms with Crippen LogP contribution >= 0.6 is 0 Å². The molecule has 88 valence electrons. The quantitative estimate of drug-likeness (QED) is 0.428. The minimum atomic E-state index is -0.530. The summed E-state index contributed by atoms with van der Waals surface area (Å²) in [5.41, 5.74) is 0.666. The summed E-state index contributed by atoms with van der Waals surface area (Å²) < 4.78 is 0. The third-order valence-electron chi connectivity index (χ3n) is 2.25. The zero-order valence-corrected chi connectivity index (χ0v) is 9.68. The predicted molar refractivity (Wildman–Crippen MR) is 64.8 cm³/mol. The highest BCUT2D eigenvalue weighted by Crippen LogP contribution is 2.05. The van der Waals surface area contributed by atoms with Crippen molar-refractivity contribution in [1.82, 2.24) is 0 Å². The van der Waals surface area contributed by atoms with Gasteiger partial charge in [0.15, 0.2) is 11.6 Å². The van der Waals surface area contributed by atoms with Crippen molar-refractivity contribution in [2.75, 3.05) is 0 Å². The molecule has 3 heteroatoms. The van der Waals surface area contributed by atoms with E-state index in [0.717, 1.165) is 0 Å². The molecule has 0 saturated carbocycles.